The quantitative estimate of drug-likeness (QED) is 0.828. The third-order valence-corrected chi connectivity index (χ3v) is 2.51. The summed E-state index contributed by atoms with van der Waals surface area (Å²) in [5, 5.41) is 11.2. The lowest BCUT2D eigenvalue weighted by Crippen LogP contribution is -2.38. The molecular formula is C14H19NO5. The zero-order valence-corrected chi connectivity index (χ0v) is 12.0. The molecular weight excluding hydrogens is 262 g/mol. The van der Waals surface area contributed by atoms with Gasteiger partial charge >= 0.3 is 5.97 Å². The maximum Gasteiger partial charge on any atom is 0.325 e. The van der Waals surface area contributed by atoms with Gasteiger partial charge in [-0.05, 0) is 32.9 Å². The molecule has 0 bridgehead atoms. The molecule has 0 spiro atoms. The largest absolute Gasteiger partial charge is 0.497 e. The van der Waals surface area contributed by atoms with Gasteiger partial charge in [0.2, 0.25) is 0 Å². The van der Waals surface area contributed by atoms with Crippen molar-refractivity contribution in [3.8, 4) is 11.5 Å². The Morgan fingerprint density at radius 1 is 1.25 bits per heavy atom. The van der Waals surface area contributed by atoms with Crippen molar-refractivity contribution < 1.29 is 24.2 Å². The van der Waals surface area contributed by atoms with Gasteiger partial charge in [0.05, 0.1) is 18.8 Å². The minimum atomic E-state index is -1.10. The van der Waals surface area contributed by atoms with Crippen molar-refractivity contribution in [2.45, 2.75) is 32.9 Å². The predicted octanol–water partition coefficient (Wildman–Crippen LogP) is 1.69. The maximum atomic E-state index is 12.1. The molecule has 1 rings (SSSR count). The van der Waals surface area contributed by atoms with Crippen molar-refractivity contribution in [1.29, 1.82) is 0 Å². The average molecular weight is 281 g/mol. The van der Waals surface area contributed by atoms with Gasteiger partial charge in [-0.1, -0.05) is 0 Å². The lowest BCUT2D eigenvalue weighted by Gasteiger charge is -2.16. The highest BCUT2D eigenvalue weighted by atomic mass is 16.5. The second-order valence-electron chi connectivity index (χ2n) is 4.56. The molecule has 2 N–H and O–H groups in total. The number of nitrogens with one attached hydrogen (secondary N) is 1. The standard InChI is InChI=1S/C14H19NO5/c1-8(2)20-12-7-10(19-4)5-6-11(12)13(16)15-9(3)14(17)18/h5-9H,1-4H3,(H,15,16)(H,17,18)/t9-/m1/s1. The molecule has 6 nitrogen and oxygen atoms in total. The van der Waals surface area contributed by atoms with E-state index in [9.17, 15) is 9.59 Å². The van der Waals surface area contributed by atoms with E-state index in [1.54, 1.807) is 18.2 Å². The van der Waals surface area contributed by atoms with Gasteiger partial charge in [0.1, 0.15) is 17.5 Å². The summed E-state index contributed by atoms with van der Waals surface area (Å²) in [6.45, 7) is 5.06. The van der Waals surface area contributed by atoms with E-state index in [1.165, 1.54) is 14.0 Å². The summed E-state index contributed by atoms with van der Waals surface area (Å²) in [4.78, 5) is 22.8. The molecule has 110 valence electrons. The first-order valence-electron chi connectivity index (χ1n) is 6.23. The molecule has 0 fully saturated rings. The molecule has 1 aromatic rings. The van der Waals surface area contributed by atoms with Crippen molar-refractivity contribution in [3.63, 3.8) is 0 Å². The van der Waals surface area contributed by atoms with Crippen LogP contribution < -0.4 is 14.8 Å². The number of carbonyl (C=O) groups is 2. The molecule has 1 aromatic carbocycles. The van der Waals surface area contributed by atoms with Crippen LogP contribution in [0.4, 0.5) is 0 Å². The van der Waals surface area contributed by atoms with E-state index in [4.69, 9.17) is 14.6 Å². The molecule has 0 aliphatic heterocycles. The Hall–Kier alpha value is -2.24. The monoisotopic (exact) mass is 281 g/mol. The Kier molecular flexibility index (Phi) is 5.37. The number of carbonyl (C=O) groups excluding carboxylic acids is 1. The first-order chi connectivity index (χ1) is 9.35. The SMILES string of the molecule is COc1ccc(C(=O)N[C@H](C)C(=O)O)c(OC(C)C)c1. The number of methoxy groups -OCH3 is 1. The van der Waals surface area contributed by atoms with E-state index >= 15 is 0 Å². The molecule has 0 saturated heterocycles. The lowest BCUT2D eigenvalue weighted by atomic mass is 10.1. The normalized spacial score (nSPS) is 11.8. The van der Waals surface area contributed by atoms with E-state index in [2.05, 4.69) is 5.32 Å². The van der Waals surface area contributed by atoms with Crippen LogP contribution in [-0.2, 0) is 4.79 Å². The number of carboxylic acids is 1. The van der Waals surface area contributed by atoms with Crippen molar-refractivity contribution in [2.75, 3.05) is 7.11 Å². The summed E-state index contributed by atoms with van der Waals surface area (Å²) < 4.78 is 10.6. The molecule has 0 aliphatic rings. The van der Waals surface area contributed by atoms with E-state index in [-0.39, 0.29) is 11.7 Å². The van der Waals surface area contributed by atoms with E-state index in [0.29, 0.717) is 11.5 Å². The molecule has 0 saturated carbocycles. The number of amides is 1. The number of carboxylic acid groups (broad SMARTS) is 1. The smallest absolute Gasteiger partial charge is 0.325 e. The summed E-state index contributed by atoms with van der Waals surface area (Å²) in [7, 11) is 1.51. The first-order valence-corrected chi connectivity index (χ1v) is 6.23. The van der Waals surface area contributed by atoms with Crippen LogP contribution in [0.15, 0.2) is 18.2 Å². The third-order valence-electron chi connectivity index (χ3n) is 2.51. The van der Waals surface area contributed by atoms with Gasteiger partial charge in [-0.2, -0.15) is 0 Å². The highest BCUT2D eigenvalue weighted by Crippen LogP contribution is 2.25. The van der Waals surface area contributed by atoms with Gasteiger partial charge in [-0.15, -0.1) is 0 Å². The number of hydrogen-bond donors (Lipinski definition) is 2. The van der Waals surface area contributed by atoms with Crippen LogP contribution in [0.3, 0.4) is 0 Å². The fraction of sp³-hybridized carbons (Fsp3) is 0.429. The van der Waals surface area contributed by atoms with Crippen molar-refractivity contribution in [3.05, 3.63) is 23.8 Å². The van der Waals surface area contributed by atoms with Crippen molar-refractivity contribution in [1.82, 2.24) is 5.32 Å². The second-order valence-corrected chi connectivity index (χ2v) is 4.56. The van der Waals surface area contributed by atoms with Gasteiger partial charge in [0.25, 0.3) is 5.91 Å². The summed E-state index contributed by atoms with van der Waals surface area (Å²) >= 11 is 0. The van der Waals surface area contributed by atoms with Crippen LogP contribution >= 0.6 is 0 Å². The zero-order valence-electron chi connectivity index (χ0n) is 12.0. The number of ether oxygens (including phenoxy) is 2. The topological polar surface area (TPSA) is 84.9 Å². The van der Waals surface area contributed by atoms with Crippen molar-refractivity contribution >= 4 is 11.9 Å². The average Bonchev–Trinajstić information content (AvgIpc) is 2.37. The Morgan fingerprint density at radius 2 is 1.90 bits per heavy atom. The molecule has 0 radical (unpaired) electrons. The second kappa shape index (κ2) is 6.79. The van der Waals surface area contributed by atoms with Gasteiger partial charge in [0, 0.05) is 6.07 Å². The van der Waals surface area contributed by atoms with Crippen molar-refractivity contribution in [2.24, 2.45) is 0 Å². The van der Waals surface area contributed by atoms with E-state index in [0.717, 1.165) is 0 Å². The van der Waals surface area contributed by atoms with Crippen LogP contribution in [0.2, 0.25) is 0 Å². The molecule has 1 atom stereocenters. The van der Waals surface area contributed by atoms with Crippen LogP contribution in [0, 0.1) is 0 Å². The Labute approximate surface area is 117 Å². The fourth-order valence-corrected chi connectivity index (χ4v) is 1.50. The minimum Gasteiger partial charge on any atom is -0.497 e. The fourth-order valence-electron chi connectivity index (χ4n) is 1.50. The number of benzene rings is 1. The van der Waals surface area contributed by atoms with Crippen LogP contribution in [0.25, 0.3) is 0 Å². The molecule has 0 aromatic heterocycles. The Bertz CT molecular complexity index is 498. The summed E-state index contributed by atoms with van der Waals surface area (Å²) in [5.41, 5.74) is 0.271. The van der Waals surface area contributed by atoms with Gasteiger partial charge < -0.3 is 19.9 Å². The molecule has 6 heteroatoms. The van der Waals surface area contributed by atoms with Gasteiger partial charge in [-0.3, -0.25) is 9.59 Å². The van der Waals surface area contributed by atoms with Crippen LogP contribution in [0.5, 0.6) is 11.5 Å². The number of rotatable bonds is 6. The molecule has 20 heavy (non-hydrogen) atoms. The lowest BCUT2D eigenvalue weighted by molar-refractivity contribution is -0.138. The first kappa shape index (κ1) is 15.8. The summed E-state index contributed by atoms with van der Waals surface area (Å²) in [6.07, 6.45) is -0.120. The Balaban J connectivity index is 3.03. The number of aliphatic carboxylic acids is 1. The summed E-state index contributed by atoms with van der Waals surface area (Å²) in [6, 6.07) is 3.78. The Morgan fingerprint density at radius 3 is 2.40 bits per heavy atom. The third kappa shape index (κ3) is 4.15. The minimum absolute atomic E-state index is 0.120. The molecule has 0 unspecified atom stereocenters. The number of hydrogen-bond acceptors (Lipinski definition) is 4. The van der Waals surface area contributed by atoms with E-state index < -0.39 is 17.9 Å². The molecule has 0 aliphatic carbocycles. The maximum absolute atomic E-state index is 12.1. The summed E-state index contributed by atoms with van der Waals surface area (Å²) in [5.74, 6) is -0.686. The molecule has 0 heterocycles. The highest BCUT2D eigenvalue weighted by molar-refractivity contribution is 5.99. The van der Waals surface area contributed by atoms with Gasteiger partial charge in [0.15, 0.2) is 0 Å². The van der Waals surface area contributed by atoms with Crippen LogP contribution in [0.1, 0.15) is 31.1 Å². The van der Waals surface area contributed by atoms with E-state index in [1.807, 2.05) is 13.8 Å². The molecule has 1 amide bonds. The zero-order chi connectivity index (χ0) is 15.3. The highest BCUT2D eigenvalue weighted by Gasteiger charge is 2.19. The van der Waals surface area contributed by atoms with Gasteiger partial charge in [-0.25, -0.2) is 0 Å². The predicted molar refractivity (Wildman–Crippen MR) is 73.3 cm³/mol. The van der Waals surface area contributed by atoms with Crippen LogP contribution in [-0.4, -0.2) is 36.2 Å².